The molecule has 4 aromatic heterocycles. The van der Waals surface area contributed by atoms with E-state index in [0.29, 0.717) is 11.5 Å². The van der Waals surface area contributed by atoms with E-state index in [1.54, 1.807) is 0 Å². The largest absolute Gasteiger partial charge is 0.509 e. The molecule has 5 heterocycles. The van der Waals surface area contributed by atoms with Gasteiger partial charge in [-0.3, -0.25) is 0 Å². The van der Waals surface area contributed by atoms with E-state index in [-0.39, 0.29) is 31.9 Å². The Bertz CT molecular complexity index is 3650. The van der Waals surface area contributed by atoms with Crippen LogP contribution in [-0.4, -0.2) is 18.7 Å². The predicted molar refractivity (Wildman–Crippen MR) is 270 cm³/mol. The molecule has 7 nitrogen and oxygen atoms in total. The van der Waals surface area contributed by atoms with Gasteiger partial charge in [0, 0.05) is 102 Å². The van der Waals surface area contributed by atoms with Crippen molar-refractivity contribution in [1.29, 1.82) is 0 Å². The van der Waals surface area contributed by atoms with Crippen LogP contribution < -0.4 is 14.5 Å². The second kappa shape index (κ2) is 15.1. The number of ether oxygens (including phenoxy) is 1. The third-order valence-corrected chi connectivity index (χ3v) is 13.5. The van der Waals surface area contributed by atoms with Crippen molar-refractivity contribution < 1.29 is 25.8 Å². The first kappa shape index (κ1) is 41.9. The fourth-order valence-corrected chi connectivity index (χ4v) is 10.1. The van der Waals surface area contributed by atoms with Gasteiger partial charge in [0.25, 0.3) is 0 Å². The van der Waals surface area contributed by atoms with Gasteiger partial charge in [-0.2, -0.15) is 6.07 Å². The molecule has 11 aromatic rings. The number of aryl methyl sites for hydroxylation is 2. The van der Waals surface area contributed by atoms with Gasteiger partial charge < -0.3 is 28.2 Å². The monoisotopic (exact) mass is 1040 g/mol. The number of para-hydroxylation sites is 5. The summed E-state index contributed by atoms with van der Waals surface area (Å²) in [4.78, 5) is 9.55. The zero-order valence-electron chi connectivity index (χ0n) is 38.3. The van der Waals surface area contributed by atoms with E-state index < -0.39 is 0 Å². The Morgan fingerprint density at radius 3 is 1.70 bits per heavy atom. The zero-order chi connectivity index (χ0) is 44.5. The van der Waals surface area contributed by atoms with Gasteiger partial charge in [0.2, 0.25) is 0 Å². The molecular weight excluding hydrogens is 992 g/mol. The number of hydrogen-bond acceptors (Lipinski definition) is 4. The Hall–Kier alpha value is -6.82. The maximum Gasteiger partial charge on any atom is 0.135 e. The number of rotatable bonds is 5. The summed E-state index contributed by atoms with van der Waals surface area (Å²) in [6.07, 6.45) is 1.91. The molecule has 330 valence electrons. The van der Waals surface area contributed by atoms with Crippen LogP contribution in [-0.2, 0) is 46.0 Å². The number of hydrogen-bond donors (Lipinski definition) is 0. The summed E-state index contributed by atoms with van der Waals surface area (Å²) in [5.74, 6) is 2.08. The van der Waals surface area contributed by atoms with E-state index in [1.165, 1.54) is 49.2 Å². The molecule has 7 aromatic carbocycles. The summed E-state index contributed by atoms with van der Waals surface area (Å²) in [6, 6.07) is 57.3. The number of pyridine rings is 1. The molecule has 0 spiro atoms. The van der Waals surface area contributed by atoms with E-state index >= 15 is 0 Å². The van der Waals surface area contributed by atoms with Crippen molar-refractivity contribution in [3.63, 3.8) is 0 Å². The summed E-state index contributed by atoms with van der Waals surface area (Å²) in [5.41, 5.74) is 13.0. The third-order valence-electron chi connectivity index (χ3n) is 13.5. The fourth-order valence-electron chi connectivity index (χ4n) is 10.1. The minimum Gasteiger partial charge on any atom is -0.509 e. The maximum absolute atomic E-state index is 6.90. The third kappa shape index (κ3) is 6.38. The maximum atomic E-state index is 6.90. The van der Waals surface area contributed by atoms with Crippen molar-refractivity contribution in [2.45, 2.75) is 52.4 Å². The van der Waals surface area contributed by atoms with Crippen LogP contribution in [0.3, 0.4) is 0 Å². The fraction of sp³-hybridized carbons (Fsp3) is 0.172. The molecule has 0 saturated carbocycles. The van der Waals surface area contributed by atoms with Crippen LogP contribution in [0.25, 0.3) is 71.2 Å². The van der Waals surface area contributed by atoms with Crippen molar-refractivity contribution in [3.8, 4) is 17.3 Å². The zero-order valence-corrected chi connectivity index (χ0v) is 40.6. The number of nitrogens with zero attached hydrogens (tertiary/aromatic N) is 6. The SMILES string of the molecule is Cn1c2ccccc2c2cc3c4ccccc4n(C)c3c(N3[CH-]N(c4[c-]c(Oc5[c-]c6c(cc5)c5ccccc5n6-c5cc(C(C)(C)C)ccn5)cc(C(C)(C)C)c4)c4ccccc43)c21.[Pt]. The molecule has 0 atom stereocenters. The minimum atomic E-state index is -0.186. The molecule has 0 aliphatic carbocycles. The molecule has 1 aliphatic rings. The number of aromatic nitrogens is 4. The molecular formula is C58H49N6OPt-3. The second-order valence-corrected chi connectivity index (χ2v) is 19.6. The average Bonchev–Trinajstić information content (AvgIpc) is 4.02. The Morgan fingerprint density at radius 1 is 0.515 bits per heavy atom. The first-order chi connectivity index (χ1) is 31.3. The second-order valence-electron chi connectivity index (χ2n) is 19.6. The number of anilines is 4. The summed E-state index contributed by atoms with van der Waals surface area (Å²) < 4.78 is 13.8. The Morgan fingerprint density at radius 2 is 1.08 bits per heavy atom. The number of fused-ring (bicyclic) bond motifs is 10. The molecule has 8 heteroatoms. The van der Waals surface area contributed by atoms with Gasteiger partial charge >= 0.3 is 0 Å². The molecule has 0 N–H and O–H groups in total. The molecule has 12 rings (SSSR count). The molecule has 0 amide bonds. The van der Waals surface area contributed by atoms with Gasteiger partial charge in [-0.15, -0.1) is 53.6 Å². The normalized spacial score (nSPS) is 13.2. The van der Waals surface area contributed by atoms with E-state index in [4.69, 9.17) is 9.72 Å². The summed E-state index contributed by atoms with van der Waals surface area (Å²) >= 11 is 0. The molecule has 1 aliphatic heterocycles. The number of benzene rings is 7. The van der Waals surface area contributed by atoms with Crippen LogP contribution in [0.1, 0.15) is 52.7 Å². The van der Waals surface area contributed by atoms with Gasteiger partial charge in [0.05, 0.1) is 16.7 Å². The van der Waals surface area contributed by atoms with Crippen molar-refractivity contribution in [1.82, 2.24) is 18.7 Å². The van der Waals surface area contributed by atoms with Gasteiger partial charge in [0.15, 0.2) is 0 Å². The van der Waals surface area contributed by atoms with Crippen LogP contribution in [0.2, 0.25) is 0 Å². The quantitative estimate of drug-likeness (QED) is 0.161. The molecule has 0 fully saturated rings. The minimum absolute atomic E-state index is 0. The Labute approximate surface area is 399 Å². The topological polar surface area (TPSA) is 43.4 Å². The standard InChI is InChI=1S/C58H49N6O.Pt/c1-57(2,3)36-27-28-59-53(31-36)64-49-22-14-11-17-41(49)44-26-25-39(33-52(44)64)65-40-30-37(58(4,5)6)29-38(32-40)62-35-63(51-24-16-15-23-50(51)62)56-54-45(42-18-9-12-20-47(42)60(54)7)34-46-43-19-10-13-21-48(43)61(8)55(46)56;/h9-31,34-35H,1-8H3;/q-3;. The Balaban J connectivity index is 0.00000481. The van der Waals surface area contributed by atoms with E-state index in [2.05, 4.69) is 231 Å². The molecule has 0 radical (unpaired) electrons. The van der Waals surface area contributed by atoms with Crippen LogP contribution >= 0.6 is 0 Å². The average molecular weight is 1040 g/mol. The van der Waals surface area contributed by atoms with Crippen LogP contribution in [0.5, 0.6) is 11.5 Å². The molecule has 0 saturated heterocycles. The van der Waals surface area contributed by atoms with Crippen molar-refractivity contribution >= 4 is 88.2 Å². The summed E-state index contributed by atoms with van der Waals surface area (Å²) in [7, 11) is 4.39. The van der Waals surface area contributed by atoms with Gasteiger partial charge in [-0.1, -0.05) is 114 Å². The van der Waals surface area contributed by atoms with E-state index in [0.717, 1.165) is 55.9 Å². The summed E-state index contributed by atoms with van der Waals surface area (Å²) in [6.45, 7) is 15.7. The van der Waals surface area contributed by atoms with Gasteiger partial charge in [-0.05, 0) is 70.3 Å². The van der Waals surface area contributed by atoms with Gasteiger partial charge in [0.1, 0.15) is 5.82 Å². The predicted octanol–water partition coefficient (Wildman–Crippen LogP) is 14.9. The van der Waals surface area contributed by atoms with Crippen molar-refractivity contribution in [2.24, 2.45) is 14.1 Å². The van der Waals surface area contributed by atoms with Crippen LogP contribution in [0.15, 0.2) is 146 Å². The Kier molecular flexibility index (Phi) is 9.59. The first-order valence-electron chi connectivity index (χ1n) is 22.4. The first-order valence-corrected chi connectivity index (χ1v) is 22.4. The van der Waals surface area contributed by atoms with E-state index in [1.807, 2.05) is 12.3 Å². The molecule has 0 unspecified atom stereocenters. The van der Waals surface area contributed by atoms with Gasteiger partial charge in [-0.25, -0.2) is 4.98 Å². The van der Waals surface area contributed by atoms with Crippen LogP contribution in [0, 0.1) is 18.8 Å². The van der Waals surface area contributed by atoms with Crippen molar-refractivity contribution in [2.75, 3.05) is 9.80 Å². The smallest absolute Gasteiger partial charge is 0.135 e. The van der Waals surface area contributed by atoms with E-state index in [9.17, 15) is 0 Å². The molecule has 66 heavy (non-hydrogen) atoms. The molecule has 0 bridgehead atoms. The van der Waals surface area contributed by atoms with Crippen molar-refractivity contribution in [3.05, 3.63) is 176 Å². The van der Waals surface area contributed by atoms with Crippen LogP contribution in [0.4, 0.5) is 22.7 Å². The summed E-state index contributed by atoms with van der Waals surface area (Å²) in [5, 5.41) is 7.17.